The van der Waals surface area contributed by atoms with Crippen LogP contribution in [-0.4, -0.2) is 68.2 Å². The van der Waals surface area contributed by atoms with E-state index in [0.717, 1.165) is 38.8 Å². The van der Waals surface area contributed by atoms with E-state index >= 15 is 0 Å². The summed E-state index contributed by atoms with van der Waals surface area (Å²) in [4.78, 5) is 29.1. The maximum absolute atomic E-state index is 12.7. The summed E-state index contributed by atoms with van der Waals surface area (Å²) in [6.45, 7) is 3.76. The van der Waals surface area contributed by atoms with Crippen LogP contribution in [0.4, 0.5) is 10.5 Å². The molecule has 0 aliphatic carbocycles. The van der Waals surface area contributed by atoms with Crippen molar-refractivity contribution < 1.29 is 19.1 Å². The summed E-state index contributed by atoms with van der Waals surface area (Å²) >= 11 is 0. The van der Waals surface area contributed by atoms with Crippen molar-refractivity contribution in [1.82, 2.24) is 9.80 Å². The number of rotatable bonds is 6. The highest BCUT2D eigenvalue weighted by atomic mass is 16.5. The van der Waals surface area contributed by atoms with Gasteiger partial charge >= 0.3 is 6.03 Å². The largest absolute Gasteiger partial charge is 0.489 e. The van der Waals surface area contributed by atoms with Gasteiger partial charge in [0.25, 0.3) is 0 Å². The van der Waals surface area contributed by atoms with Gasteiger partial charge in [0.05, 0.1) is 18.2 Å². The predicted molar refractivity (Wildman–Crippen MR) is 103 cm³/mol. The maximum Gasteiger partial charge on any atom is 0.321 e. The molecule has 3 amide bonds. The molecule has 0 aromatic heterocycles. The first-order valence-electron chi connectivity index (χ1n) is 9.74. The summed E-state index contributed by atoms with van der Waals surface area (Å²) < 4.78 is 10.7. The topological polar surface area (TPSA) is 71.1 Å². The Labute approximate surface area is 160 Å². The molecule has 1 aromatic carbocycles. The molecule has 7 nitrogen and oxygen atoms in total. The molecule has 2 aliphatic heterocycles. The van der Waals surface area contributed by atoms with E-state index in [0.29, 0.717) is 37.7 Å². The highest BCUT2D eigenvalue weighted by Crippen LogP contribution is 2.26. The lowest BCUT2D eigenvalue weighted by Gasteiger charge is -2.34. The van der Waals surface area contributed by atoms with E-state index in [2.05, 4.69) is 5.32 Å². The average molecular weight is 375 g/mol. The van der Waals surface area contributed by atoms with Gasteiger partial charge in [0.2, 0.25) is 5.91 Å². The van der Waals surface area contributed by atoms with E-state index in [4.69, 9.17) is 9.47 Å². The van der Waals surface area contributed by atoms with Crippen LogP contribution in [0.3, 0.4) is 0 Å². The van der Waals surface area contributed by atoms with Gasteiger partial charge in [-0.05, 0) is 37.8 Å². The van der Waals surface area contributed by atoms with Crippen LogP contribution in [0, 0.1) is 5.92 Å². The summed E-state index contributed by atoms with van der Waals surface area (Å²) in [5, 5.41) is 2.93. The second-order valence-corrected chi connectivity index (χ2v) is 7.09. The SMILES string of the molecule is COCCOc1ccccc1NC(=O)N1CCCC(C(=O)N2CCCC2)C1. The molecule has 0 spiro atoms. The van der Waals surface area contributed by atoms with Gasteiger partial charge in [0.15, 0.2) is 0 Å². The Morgan fingerprint density at radius 3 is 2.59 bits per heavy atom. The molecule has 0 bridgehead atoms. The molecule has 2 saturated heterocycles. The van der Waals surface area contributed by atoms with E-state index in [1.807, 2.05) is 29.2 Å². The number of anilines is 1. The number of amides is 3. The zero-order valence-electron chi connectivity index (χ0n) is 16.0. The fourth-order valence-electron chi connectivity index (χ4n) is 3.68. The van der Waals surface area contributed by atoms with Gasteiger partial charge in [0, 0.05) is 33.3 Å². The molecule has 1 atom stereocenters. The van der Waals surface area contributed by atoms with Crippen LogP contribution in [0.25, 0.3) is 0 Å². The first kappa shape index (κ1) is 19.5. The third-order valence-electron chi connectivity index (χ3n) is 5.15. The minimum absolute atomic E-state index is 0.0872. The Bertz CT molecular complexity index is 646. The van der Waals surface area contributed by atoms with Crippen molar-refractivity contribution in [1.29, 1.82) is 0 Å². The molecule has 1 aromatic rings. The summed E-state index contributed by atoms with van der Waals surface area (Å²) in [6, 6.07) is 7.17. The number of carbonyl (C=O) groups is 2. The van der Waals surface area contributed by atoms with Crippen LogP contribution >= 0.6 is 0 Å². The van der Waals surface area contributed by atoms with Crippen molar-refractivity contribution >= 4 is 17.6 Å². The van der Waals surface area contributed by atoms with E-state index in [1.54, 1.807) is 12.0 Å². The predicted octanol–water partition coefficient (Wildman–Crippen LogP) is 2.58. The Balaban J connectivity index is 1.58. The third kappa shape index (κ3) is 5.13. The van der Waals surface area contributed by atoms with Gasteiger partial charge in [-0.3, -0.25) is 4.79 Å². The number of ether oxygens (including phenoxy) is 2. The number of para-hydroxylation sites is 2. The number of carbonyl (C=O) groups excluding carboxylic acids is 2. The molecule has 3 rings (SSSR count). The monoisotopic (exact) mass is 375 g/mol. The summed E-state index contributed by atoms with van der Waals surface area (Å²) in [6.07, 6.45) is 3.88. The molecule has 2 aliphatic rings. The van der Waals surface area contributed by atoms with Crippen molar-refractivity contribution in [3.63, 3.8) is 0 Å². The standard InChI is InChI=1S/C20H29N3O4/c1-26-13-14-27-18-9-3-2-8-17(18)21-20(25)23-12-6-7-16(15-23)19(24)22-10-4-5-11-22/h2-3,8-9,16H,4-7,10-15H2,1H3,(H,21,25). The van der Waals surface area contributed by atoms with Crippen molar-refractivity contribution in [2.45, 2.75) is 25.7 Å². The first-order chi connectivity index (χ1) is 13.2. The summed E-state index contributed by atoms with van der Waals surface area (Å²) in [5.74, 6) is 0.730. The van der Waals surface area contributed by atoms with Crippen LogP contribution in [0.5, 0.6) is 5.75 Å². The van der Waals surface area contributed by atoms with E-state index in [1.165, 1.54) is 0 Å². The number of methoxy groups -OCH3 is 1. The Morgan fingerprint density at radius 1 is 1.07 bits per heavy atom. The lowest BCUT2D eigenvalue weighted by molar-refractivity contribution is -0.135. The number of hydrogen-bond donors (Lipinski definition) is 1. The molecule has 2 heterocycles. The zero-order chi connectivity index (χ0) is 19.1. The minimum atomic E-state index is -0.184. The molecule has 0 saturated carbocycles. The average Bonchev–Trinajstić information content (AvgIpc) is 3.24. The molecular formula is C20H29N3O4. The van der Waals surface area contributed by atoms with E-state index in [9.17, 15) is 9.59 Å². The van der Waals surface area contributed by atoms with Gasteiger partial charge in [-0.2, -0.15) is 0 Å². The molecule has 1 unspecified atom stereocenters. The quantitative estimate of drug-likeness (QED) is 0.776. The second-order valence-electron chi connectivity index (χ2n) is 7.09. The molecule has 148 valence electrons. The van der Waals surface area contributed by atoms with Crippen LogP contribution in [0.15, 0.2) is 24.3 Å². The van der Waals surface area contributed by atoms with Crippen LogP contribution < -0.4 is 10.1 Å². The highest BCUT2D eigenvalue weighted by Gasteiger charge is 2.32. The Hall–Kier alpha value is -2.28. The molecule has 0 radical (unpaired) electrons. The van der Waals surface area contributed by atoms with Gasteiger partial charge in [0.1, 0.15) is 12.4 Å². The summed E-state index contributed by atoms with van der Waals surface area (Å²) in [7, 11) is 1.62. The van der Waals surface area contributed by atoms with Gasteiger partial charge in [-0.15, -0.1) is 0 Å². The smallest absolute Gasteiger partial charge is 0.321 e. The fraction of sp³-hybridized carbons (Fsp3) is 0.600. The molecule has 1 N–H and O–H groups in total. The third-order valence-corrected chi connectivity index (χ3v) is 5.15. The maximum atomic E-state index is 12.7. The summed E-state index contributed by atoms with van der Waals surface area (Å²) in [5.41, 5.74) is 0.631. The van der Waals surface area contributed by atoms with E-state index in [-0.39, 0.29) is 17.9 Å². The lowest BCUT2D eigenvalue weighted by atomic mass is 9.97. The Kier molecular flexibility index (Phi) is 6.92. The number of nitrogens with one attached hydrogen (secondary N) is 1. The van der Waals surface area contributed by atoms with E-state index < -0.39 is 0 Å². The number of piperidine rings is 1. The van der Waals surface area contributed by atoms with Crippen molar-refractivity contribution in [2.24, 2.45) is 5.92 Å². The van der Waals surface area contributed by atoms with Gasteiger partial charge in [-0.1, -0.05) is 12.1 Å². The molecule has 2 fully saturated rings. The number of nitrogens with zero attached hydrogens (tertiary/aromatic N) is 2. The van der Waals surface area contributed by atoms with Crippen molar-refractivity contribution in [2.75, 3.05) is 51.8 Å². The lowest BCUT2D eigenvalue weighted by Crippen LogP contribution is -2.47. The number of likely N-dealkylation sites (tertiary alicyclic amines) is 2. The number of urea groups is 1. The van der Waals surface area contributed by atoms with Crippen LogP contribution in [0.2, 0.25) is 0 Å². The van der Waals surface area contributed by atoms with Crippen molar-refractivity contribution in [3.05, 3.63) is 24.3 Å². The first-order valence-corrected chi connectivity index (χ1v) is 9.74. The molecule has 7 heteroatoms. The molecule has 27 heavy (non-hydrogen) atoms. The zero-order valence-corrected chi connectivity index (χ0v) is 16.0. The fourth-order valence-corrected chi connectivity index (χ4v) is 3.68. The second kappa shape index (κ2) is 9.60. The minimum Gasteiger partial charge on any atom is -0.489 e. The van der Waals surface area contributed by atoms with Gasteiger partial charge in [-0.25, -0.2) is 4.79 Å². The molecular weight excluding hydrogens is 346 g/mol. The number of hydrogen-bond acceptors (Lipinski definition) is 4. The normalized spacial score (nSPS) is 19.8. The van der Waals surface area contributed by atoms with Crippen molar-refractivity contribution in [3.8, 4) is 5.75 Å². The Morgan fingerprint density at radius 2 is 1.81 bits per heavy atom. The highest BCUT2D eigenvalue weighted by molar-refractivity contribution is 5.91. The number of benzene rings is 1. The van der Waals surface area contributed by atoms with Crippen LogP contribution in [-0.2, 0) is 9.53 Å². The van der Waals surface area contributed by atoms with Crippen LogP contribution in [0.1, 0.15) is 25.7 Å². The van der Waals surface area contributed by atoms with Gasteiger partial charge < -0.3 is 24.6 Å².